The number of aromatic nitrogens is 3. The van der Waals surface area contributed by atoms with E-state index < -0.39 is 15.8 Å². The number of likely N-dealkylation sites (tertiary alicyclic amines) is 1. The Bertz CT molecular complexity index is 1290. The summed E-state index contributed by atoms with van der Waals surface area (Å²) < 4.78 is 39.6. The maximum Gasteiger partial charge on any atom is 0.246 e. The lowest BCUT2D eigenvalue weighted by molar-refractivity contribution is -0.125. The van der Waals surface area contributed by atoms with Crippen molar-refractivity contribution in [3.8, 4) is 11.1 Å². The van der Waals surface area contributed by atoms with Gasteiger partial charge in [0.25, 0.3) is 0 Å². The van der Waals surface area contributed by atoms with Crippen molar-refractivity contribution >= 4 is 32.8 Å². The van der Waals surface area contributed by atoms with E-state index in [1.165, 1.54) is 12.1 Å². The number of benzene rings is 1. The lowest BCUT2D eigenvalue weighted by Gasteiger charge is -2.15. The van der Waals surface area contributed by atoms with Crippen molar-refractivity contribution in [1.29, 1.82) is 0 Å². The first-order valence-electron chi connectivity index (χ1n) is 9.99. The van der Waals surface area contributed by atoms with Crippen molar-refractivity contribution < 1.29 is 17.6 Å². The van der Waals surface area contributed by atoms with Gasteiger partial charge in [0.05, 0.1) is 11.6 Å². The maximum atomic E-state index is 14.7. The van der Waals surface area contributed by atoms with Gasteiger partial charge in [0.2, 0.25) is 15.9 Å². The number of halogens is 1. The molecule has 4 rings (SSSR count). The summed E-state index contributed by atoms with van der Waals surface area (Å²) in [4.78, 5) is 17.9. The molecule has 9 nitrogen and oxygen atoms in total. The number of nitrogens with zero attached hydrogens (tertiary/aromatic N) is 3. The number of carbonyl (C=O) groups excluding carboxylic acids is 1. The first kappa shape index (κ1) is 21.9. The Kier molecular flexibility index (Phi) is 5.94. The van der Waals surface area contributed by atoms with Crippen molar-refractivity contribution in [2.24, 2.45) is 0 Å². The predicted molar refractivity (Wildman–Crippen MR) is 120 cm³/mol. The van der Waals surface area contributed by atoms with E-state index in [0.717, 1.165) is 18.2 Å². The Morgan fingerprint density at radius 2 is 2.22 bits per heavy atom. The third-order valence-electron chi connectivity index (χ3n) is 5.37. The van der Waals surface area contributed by atoms with Gasteiger partial charge in [0.15, 0.2) is 11.5 Å². The fourth-order valence-electron chi connectivity index (χ4n) is 3.76. The lowest BCUT2D eigenvalue weighted by Crippen LogP contribution is -2.30. The molecule has 1 aliphatic heterocycles. The van der Waals surface area contributed by atoms with E-state index in [9.17, 15) is 17.6 Å². The number of carbonyl (C=O) groups is 1. The van der Waals surface area contributed by atoms with Crippen LogP contribution in [0.3, 0.4) is 0 Å². The number of sulfonamides is 1. The Hall–Kier alpha value is -3.31. The van der Waals surface area contributed by atoms with Gasteiger partial charge < -0.3 is 10.2 Å². The van der Waals surface area contributed by atoms with Gasteiger partial charge in [0.1, 0.15) is 5.82 Å². The second-order valence-electron chi connectivity index (χ2n) is 7.67. The zero-order chi connectivity index (χ0) is 22.9. The average Bonchev–Trinajstić information content (AvgIpc) is 3.39. The molecule has 1 atom stereocenters. The van der Waals surface area contributed by atoms with E-state index in [4.69, 9.17) is 0 Å². The second-order valence-corrected chi connectivity index (χ2v) is 9.51. The van der Waals surface area contributed by atoms with Gasteiger partial charge in [-0.2, -0.15) is 5.10 Å². The second kappa shape index (κ2) is 8.67. The molecule has 2 aromatic heterocycles. The van der Waals surface area contributed by atoms with Crippen LogP contribution < -0.4 is 10.0 Å². The van der Waals surface area contributed by atoms with E-state index >= 15 is 0 Å². The van der Waals surface area contributed by atoms with Gasteiger partial charge in [-0.25, -0.2) is 22.5 Å². The topological polar surface area (TPSA) is 120 Å². The van der Waals surface area contributed by atoms with Gasteiger partial charge in [-0.3, -0.25) is 9.89 Å². The first-order valence-corrected chi connectivity index (χ1v) is 11.9. The monoisotopic (exact) mass is 458 g/mol. The molecule has 3 aromatic rings. The van der Waals surface area contributed by atoms with Crippen molar-refractivity contribution in [2.75, 3.05) is 24.7 Å². The van der Waals surface area contributed by atoms with Gasteiger partial charge in [0, 0.05) is 37.4 Å². The molecule has 1 amide bonds. The highest BCUT2D eigenvalue weighted by atomic mass is 32.2. The minimum Gasteiger partial charge on any atom is -0.363 e. The number of hydrogen-bond donors (Lipinski definition) is 3. The highest BCUT2D eigenvalue weighted by Gasteiger charge is 2.26. The van der Waals surface area contributed by atoms with Crippen LogP contribution in [0.25, 0.3) is 22.2 Å². The van der Waals surface area contributed by atoms with Crippen LogP contribution in [0.2, 0.25) is 0 Å². The van der Waals surface area contributed by atoms with E-state index in [0.29, 0.717) is 35.5 Å². The molecule has 1 aromatic carbocycles. The number of aromatic amines is 1. The van der Waals surface area contributed by atoms with Crippen LogP contribution in [0.4, 0.5) is 10.2 Å². The smallest absolute Gasteiger partial charge is 0.246 e. The minimum atomic E-state index is -3.43. The SMILES string of the molecule is C=CC(=O)N1CC[C@@H](Nc2n[nH]c3nccc(-c4ccc(CNS(C)(=O)=O)c(F)c4)c23)C1. The lowest BCUT2D eigenvalue weighted by atomic mass is 10.0. The number of pyridine rings is 1. The zero-order valence-corrected chi connectivity index (χ0v) is 18.2. The minimum absolute atomic E-state index is 0.0136. The molecule has 168 valence electrons. The molecule has 0 bridgehead atoms. The van der Waals surface area contributed by atoms with E-state index in [-0.39, 0.29) is 24.1 Å². The molecule has 0 spiro atoms. The molecule has 0 aliphatic carbocycles. The van der Waals surface area contributed by atoms with Crippen LogP contribution in [-0.4, -0.2) is 59.8 Å². The third kappa shape index (κ3) is 4.63. The summed E-state index contributed by atoms with van der Waals surface area (Å²) in [5.41, 5.74) is 2.13. The van der Waals surface area contributed by atoms with Crippen molar-refractivity contribution in [2.45, 2.75) is 19.0 Å². The first-order chi connectivity index (χ1) is 15.2. The largest absolute Gasteiger partial charge is 0.363 e. The summed E-state index contributed by atoms with van der Waals surface area (Å²) in [6.07, 6.45) is 4.70. The predicted octanol–water partition coefficient (Wildman–Crippen LogP) is 2.01. The summed E-state index contributed by atoms with van der Waals surface area (Å²) in [5, 5.41) is 11.3. The molecule has 11 heteroatoms. The number of nitrogens with one attached hydrogen (secondary N) is 3. The maximum absolute atomic E-state index is 14.7. The fourth-order valence-corrected chi connectivity index (χ4v) is 4.18. The van der Waals surface area contributed by atoms with E-state index in [1.807, 2.05) is 0 Å². The zero-order valence-electron chi connectivity index (χ0n) is 17.4. The van der Waals surface area contributed by atoms with Crippen molar-refractivity contribution in [3.63, 3.8) is 0 Å². The van der Waals surface area contributed by atoms with Crippen LogP contribution in [0.1, 0.15) is 12.0 Å². The van der Waals surface area contributed by atoms with Crippen LogP contribution in [-0.2, 0) is 21.4 Å². The molecule has 1 aliphatic rings. The summed E-state index contributed by atoms with van der Waals surface area (Å²) in [7, 11) is -3.43. The van der Waals surface area contributed by atoms with Crippen LogP contribution in [0.15, 0.2) is 43.1 Å². The molecule has 0 unspecified atom stereocenters. The Morgan fingerprint density at radius 3 is 2.94 bits per heavy atom. The van der Waals surface area contributed by atoms with Gasteiger partial charge >= 0.3 is 0 Å². The van der Waals surface area contributed by atoms with Crippen LogP contribution in [0.5, 0.6) is 0 Å². The number of fused-ring (bicyclic) bond motifs is 1. The summed E-state index contributed by atoms with van der Waals surface area (Å²) in [5.74, 6) is -0.0512. The van der Waals surface area contributed by atoms with E-state index in [2.05, 4.69) is 31.8 Å². The highest BCUT2D eigenvalue weighted by molar-refractivity contribution is 7.88. The number of rotatable bonds is 7. The standard InChI is InChI=1S/C21H23FN6O3S/c1-3-18(29)28-9-7-15(12-28)25-21-19-16(6-8-23-20(19)26-27-21)13-4-5-14(17(22)10-13)11-24-32(2,30)31/h3-6,8,10,15,24H,1,7,9,11-12H2,2H3,(H2,23,25,26,27)/t15-/m1/s1. The molecule has 32 heavy (non-hydrogen) atoms. The molecule has 3 N–H and O–H groups in total. The van der Waals surface area contributed by atoms with Gasteiger partial charge in [-0.05, 0) is 35.8 Å². The average molecular weight is 459 g/mol. The number of anilines is 1. The van der Waals surface area contributed by atoms with Crippen LogP contribution >= 0.6 is 0 Å². The molecule has 0 saturated carbocycles. The molecule has 1 fully saturated rings. The van der Waals surface area contributed by atoms with Gasteiger partial charge in [-0.15, -0.1) is 0 Å². The number of amides is 1. The summed E-state index contributed by atoms with van der Waals surface area (Å²) >= 11 is 0. The highest BCUT2D eigenvalue weighted by Crippen LogP contribution is 2.33. The Labute approximate surface area is 184 Å². The van der Waals surface area contributed by atoms with Gasteiger partial charge in [-0.1, -0.05) is 18.7 Å². The molecular formula is C21H23FN6O3S. The Balaban J connectivity index is 1.62. The van der Waals surface area contributed by atoms with Crippen molar-refractivity contribution in [3.05, 3.63) is 54.5 Å². The molecule has 0 radical (unpaired) electrons. The summed E-state index contributed by atoms with van der Waals surface area (Å²) in [6, 6.07) is 6.44. The third-order valence-corrected chi connectivity index (χ3v) is 6.03. The quantitative estimate of drug-likeness (QED) is 0.466. The Morgan fingerprint density at radius 1 is 1.41 bits per heavy atom. The number of hydrogen-bond acceptors (Lipinski definition) is 6. The van der Waals surface area contributed by atoms with Crippen molar-refractivity contribution in [1.82, 2.24) is 24.8 Å². The normalized spacial score (nSPS) is 16.4. The number of H-pyrrole nitrogens is 1. The summed E-state index contributed by atoms with van der Waals surface area (Å²) in [6.45, 7) is 4.56. The van der Waals surface area contributed by atoms with E-state index in [1.54, 1.807) is 29.3 Å². The fraction of sp³-hybridized carbons (Fsp3) is 0.286. The molecular weight excluding hydrogens is 435 g/mol. The molecule has 3 heterocycles. The molecule has 1 saturated heterocycles. The van der Waals surface area contributed by atoms with Crippen LogP contribution in [0, 0.1) is 5.82 Å².